The average Bonchev–Trinajstić information content (AvgIpc) is 2.59. The van der Waals surface area contributed by atoms with Crippen LogP contribution in [-0.2, 0) is 19.4 Å². The van der Waals surface area contributed by atoms with E-state index in [-0.39, 0.29) is 5.91 Å². The van der Waals surface area contributed by atoms with Gasteiger partial charge in [-0.25, -0.2) is 8.42 Å². The molecular formula is C16H23NO5S. The van der Waals surface area contributed by atoms with Crippen molar-refractivity contribution in [2.75, 3.05) is 33.9 Å². The average molecular weight is 341 g/mol. The molecule has 0 unspecified atom stereocenters. The first kappa shape index (κ1) is 17.7. The van der Waals surface area contributed by atoms with E-state index in [9.17, 15) is 13.2 Å². The summed E-state index contributed by atoms with van der Waals surface area (Å²) in [6.07, 6.45) is 1.27. The van der Waals surface area contributed by atoms with Gasteiger partial charge in [-0.2, -0.15) is 0 Å². The molecule has 0 aromatic heterocycles. The highest BCUT2D eigenvalue weighted by Gasteiger charge is 2.32. The van der Waals surface area contributed by atoms with Crippen molar-refractivity contribution < 1.29 is 22.7 Å². The fourth-order valence-electron chi connectivity index (χ4n) is 2.72. The maximum Gasteiger partial charge on any atom is 0.224 e. The summed E-state index contributed by atoms with van der Waals surface area (Å²) < 4.78 is 35.3. The lowest BCUT2D eigenvalue weighted by Crippen LogP contribution is -2.42. The molecule has 6 nitrogen and oxygen atoms in total. The Balaban J connectivity index is 1.99. The van der Waals surface area contributed by atoms with Gasteiger partial charge < -0.3 is 14.4 Å². The van der Waals surface area contributed by atoms with Crippen molar-refractivity contribution in [3.05, 3.63) is 24.3 Å². The summed E-state index contributed by atoms with van der Waals surface area (Å²) in [5.74, 6) is 0.648. The summed E-state index contributed by atoms with van der Waals surface area (Å²) in [7, 11) is -0.273. The molecule has 0 bridgehead atoms. The van der Waals surface area contributed by atoms with E-state index in [2.05, 4.69) is 0 Å². The standard InChI is InChI=1S/C16H23NO5S/c1-21-12-9-16(18)17-10-7-15(8-11-17)23(19,20)14-5-3-13(22-2)4-6-14/h3-6,15H,7-12H2,1-2H3. The molecule has 0 atom stereocenters. The summed E-state index contributed by atoms with van der Waals surface area (Å²) in [5, 5.41) is -0.442. The molecule has 23 heavy (non-hydrogen) atoms. The van der Waals surface area contributed by atoms with Gasteiger partial charge in [-0.1, -0.05) is 0 Å². The summed E-state index contributed by atoms with van der Waals surface area (Å²) in [4.78, 5) is 14.0. The minimum atomic E-state index is -3.37. The van der Waals surface area contributed by atoms with E-state index < -0.39 is 15.1 Å². The van der Waals surface area contributed by atoms with Crippen LogP contribution in [0.25, 0.3) is 0 Å². The fraction of sp³-hybridized carbons (Fsp3) is 0.562. The monoisotopic (exact) mass is 341 g/mol. The molecule has 1 amide bonds. The number of likely N-dealkylation sites (tertiary alicyclic amines) is 1. The zero-order chi connectivity index (χ0) is 16.9. The van der Waals surface area contributed by atoms with Crippen molar-refractivity contribution in [1.29, 1.82) is 0 Å². The molecule has 1 fully saturated rings. The zero-order valence-corrected chi connectivity index (χ0v) is 14.3. The number of methoxy groups -OCH3 is 2. The van der Waals surface area contributed by atoms with E-state index in [1.54, 1.807) is 43.4 Å². The highest BCUT2D eigenvalue weighted by atomic mass is 32.2. The number of carbonyl (C=O) groups excluding carboxylic acids is 1. The Morgan fingerprint density at radius 3 is 2.30 bits per heavy atom. The smallest absolute Gasteiger partial charge is 0.224 e. The first-order valence-corrected chi connectivity index (χ1v) is 9.18. The molecule has 1 aliphatic heterocycles. The minimum Gasteiger partial charge on any atom is -0.497 e. The second kappa shape index (κ2) is 7.79. The minimum absolute atomic E-state index is 0.0205. The Kier molecular flexibility index (Phi) is 6.01. The van der Waals surface area contributed by atoms with E-state index in [0.717, 1.165) is 0 Å². The van der Waals surface area contributed by atoms with Crippen LogP contribution < -0.4 is 4.74 Å². The number of hydrogen-bond acceptors (Lipinski definition) is 5. The Bertz CT molecular complexity index is 618. The third-order valence-corrected chi connectivity index (χ3v) is 6.42. The van der Waals surface area contributed by atoms with Gasteiger partial charge in [0.15, 0.2) is 9.84 Å². The Morgan fingerprint density at radius 1 is 1.17 bits per heavy atom. The maximum atomic E-state index is 12.7. The van der Waals surface area contributed by atoms with Crippen LogP contribution in [0.4, 0.5) is 0 Å². The van der Waals surface area contributed by atoms with Crippen LogP contribution in [0.5, 0.6) is 5.75 Å². The molecule has 128 valence electrons. The van der Waals surface area contributed by atoms with Crippen LogP contribution in [0.3, 0.4) is 0 Å². The first-order chi connectivity index (χ1) is 11.0. The number of piperidine rings is 1. The molecule has 0 aliphatic carbocycles. The van der Waals surface area contributed by atoms with Crippen molar-refractivity contribution >= 4 is 15.7 Å². The Hall–Kier alpha value is -1.60. The summed E-state index contributed by atoms with van der Waals surface area (Å²) in [5.41, 5.74) is 0. The maximum absolute atomic E-state index is 12.7. The van der Waals surface area contributed by atoms with Gasteiger partial charge in [0.2, 0.25) is 5.91 Å². The lowest BCUT2D eigenvalue weighted by atomic mass is 10.1. The number of nitrogens with zero attached hydrogens (tertiary/aromatic N) is 1. The van der Waals surface area contributed by atoms with Gasteiger partial charge in [0.25, 0.3) is 0 Å². The number of amides is 1. The van der Waals surface area contributed by atoms with Crippen LogP contribution in [0.15, 0.2) is 29.2 Å². The highest BCUT2D eigenvalue weighted by molar-refractivity contribution is 7.92. The summed E-state index contributed by atoms with van der Waals surface area (Å²) >= 11 is 0. The molecule has 0 spiro atoms. The molecular weight excluding hydrogens is 318 g/mol. The quantitative estimate of drug-likeness (QED) is 0.784. The molecule has 2 rings (SSSR count). The Morgan fingerprint density at radius 2 is 1.78 bits per heavy atom. The Labute approximate surface area is 137 Å². The molecule has 1 heterocycles. The predicted octanol–water partition coefficient (Wildman–Crippen LogP) is 1.50. The summed E-state index contributed by atoms with van der Waals surface area (Å²) in [6.45, 7) is 1.34. The molecule has 0 saturated carbocycles. The number of sulfone groups is 1. The number of benzene rings is 1. The van der Waals surface area contributed by atoms with Crippen molar-refractivity contribution in [3.63, 3.8) is 0 Å². The largest absolute Gasteiger partial charge is 0.497 e. The van der Waals surface area contributed by atoms with Crippen LogP contribution in [0, 0.1) is 0 Å². The van der Waals surface area contributed by atoms with Gasteiger partial charge in [-0.05, 0) is 37.1 Å². The van der Waals surface area contributed by atoms with Gasteiger partial charge in [0.05, 0.1) is 30.3 Å². The normalized spacial score (nSPS) is 16.3. The number of carbonyl (C=O) groups is 1. The lowest BCUT2D eigenvalue weighted by Gasteiger charge is -2.31. The van der Waals surface area contributed by atoms with Crippen molar-refractivity contribution in [1.82, 2.24) is 4.90 Å². The second-order valence-electron chi connectivity index (χ2n) is 5.54. The molecule has 1 aromatic carbocycles. The SMILES string of the molecule is COCCC(=O)N1CCC(S(=O)(=O)c2ccc(OC)cc2)CC1. The molecule has 0 radical (unpaired) electrons. The van der Waals surface area contributed by atoms with Crippen molar-refractivity contribution in [2.45, 2.75) is 29.4 Å². The van der Waals surface area contributed by atoms with Crippen LogP contribution in [-0.4, -0.2) is 58.4 Å². The van der Waals surface area contributed by atoms with Gasteiger partial charge in [-0.3, -0.25) is 4.79 Å². The molecule has 1 aliphatic rings. The number of ether oxygens (including phenoxy) is 2. The predicted molar refractivity (Wildman–Crippen MR) is 86.3 cm³/mol. The van der Waals surface area contributed by atoms with Crippen molar-refractivity contribution in [2.24, 2.45) is 0 Å². The van der Waals surface area contributed by atoms with E-state index in [1.165, 1.54) is 0 Å². The van der Waals surface area contributed by atoms with Gasteiger partial charge in [0.1, 0.15) is 5.75 Å². The molecule has 7 heteroatoms. The summed E-state index contributed by atoms with van der Waals surface area (Å²) in [6, 6.07) is 6.45. The number of hydrogen-bond donors (Lipinski definition) is 0. The first-order valence-electron chi connectivity index (χ1n) is 7.63. The topological polar surface area (TPSA) is 72.9 Å². The van der Waals surface area contributed by atoms with Crippen molar-refractivity contribution in [3.8, 4) is 5.75 Å². The number of rotatable bonds is 6. The third kappa shape index (κ3) is 4.23. The fourth-order valence-corrected chi connectivity index (χ4v) is 4.45. The second-order valence-corrected chi connectivity index (χ2v) is 7.77. The highest BCUT2D eigenvalue weighted by Crippen LogP contribution is 2.26. The van der Waals surface area contributed by atoms with Gasteiger partial charge in [0, 0.05) is 20.2 Å². The molecule has 1 saturated heterocycles. The van der Waals surface area contributed by atoms with E-state index in [0.29, 0.717) is 49.6 Å². The van der Waals surface area contributed by atoms with Crippen LogP contribution in [0.1, 0.15) is 19.3 Å². The lowest BCUT2D eigenvalue weighted by molar-refractivity contribution is -0.132. The van der Waals surface area contributed by atoms with E-state index in [4.69, 9.17) is 9.47 Å². The van der Waals surface area contributed by atoms with Crippen LogP contribution >= 0.6 is 0 Å². The van der Waals surface area contributed by atoms with Crippen LogP contribution in [0.2, 0.25) is 0 Å². The third-order valence-electron chi connectivity index (χ3n) is 4.14. The molecule has 0 N–H and O–H groups in total. The van der Waals surface area contributed by atoms with E-state index in [1.807, 2.05) is 0 Å². The van der Waals surface area contributed by atoms with Gasteiger partial charge >= 0.3 is 0 Å². The molecule has 1 aromatic rings. The van der Waals surface area contributed by atoms with Gasteiger partial charge in [-0.15, -0.1) is 0 Å². The zero-order valence-electron chi connectivity index (χ0n) is 13.5. The van der Waals surface area contributed by atoms with E-state index >= 15 is 0 Å².